The molecule has 3 atom stereocenters. The highest BCUT2D eigenvalue weighted by Gasteiger charge is 2.64. The van der Waals surface area contributed by atoms with Gasteiger partial charge < -0.3 is 10.1 Å². The van der Waals surface area contributed by atoms with Crippen molar-refractivity contribution in [1.82, 2.24) is 34.9 Å². The molecule has 10 nitrogen and oxygen atoms in total. The highest BCUT2D eigenvalue weighted by Crippen LogP contribution is 2.59. The van der Waals surface area contributed by atoms with Gasteiger partial charge in [-0.15, -0.1) is 0 Å². The van der Waals surface area contributed by atoms with E-state index in [-0.39, 0.29) is 41.3 Å². The Bertz CT molecular complexity index is 1310. The van der Waals surface area contributed by atoms with Gasteiger partial charge in [0.25, 0.3) is 0 Å². The lowest BCUT2D eigenvalue weighted by atomic mass is 10.0. The van der Waals surface area contributed by atoms with Crippen LogP contribution in [-0.2, 0) is 16.1 Å². The fourth-order valence-corrected chi connectivity index (χ4v) is 4.87. The Labute approximate surface area is 191 Å². The second-order valence-corrected chi connectivity index (χ2v) is 9.18. The molecule has 1 aliphatic carbocycles. The predicted octanol–water partition coefficient (Wildman–Crippen LogP) is 0.443. The van der Waals surface area contributed by atoms with Crippen molar-refractivity contribution in [3.8, 4) is 11.3 Å². The number of ketones is 1. The predicted molar refractivity (Wildman–Crippen MR) is 122 cm³/mol. The van der Waals surface area contributed by atoms with E-state index in [1.807, 2.05) is 0 Å². The molecule has 0 spiro atoms. The van der Waals surface area contributed by atoms with Crippen LogP contribution in [0.3, 0.4) is 0 Å². The van der Waals surface area contributed by atoms with E-state index in [1.54, 1.807) is 44.5 Å². The van der Waals surface area contributed by atoms with E-state index in [0.717, 1.165) is 12.0 Å². The van der Waals surface area contributed by atoms with Gasteiger partial charge in [-0.2, -0.15) is 5.10 Å². The fourth-order valence-electron chi connectivity index (χ4n) is 4.87. The lowest BCUT2D eigenvalue weighted by Gasteiger charge is -2.26. The molecule has 3 unspecified atom stereocenters. The molecule has 2 aliphatic rings. The lowest BCUT2D eigenvalue weighted by Crippen LogP contribution is -2.48. The van der Waals surface area contributed by atoms with Crippen molar-refractivity contribution in [2.24, 2.45) is 5.41 Å². The largest absolute Gasteiger partial charge is 0.404 e. The summed E-state index contributed by atoms with van der Waals surface area (Å²) in [6.45, 7) is 5.28. The summed E-state index contributed by atoms with van der Waals surface area (Å²) < 4.78 is 1.51. The Morgan fingerprint density at radius 2 is 1.91 bits per heavy atom. The molecule has 3 aromatic heterocycles. The van der Waals surface area contributed by atoms with Gasteiger partial charge in [0.1, 0.15) is 24.1 Å². The number of aryl methyl sites for hydroxylation is 1. The van der Waals surface area contributed by atoms with Gasteiger partial charge in [-0.1, -0.05) is 6.92 Å². The van der Waals surface area contributed by atoms with Crippen molar-refractivity contribution >= 4 is 36.5 Å². The Balaban J connectivity index is 1.49. The zero-order valence-corrected chi connectivity index (χ0v) is 19.0. The van der Waals surface area contributed by atoms with Crippen LogP contribution in [0.25, 0.3) is 22.2 Å². The number of fused-ring (bicyclic) bond motifs is 2. The summed E-state index contributed by atoms with van der Waals surface area (Å²) in [5, 5.41) is 7.72. The zero-order valence-electron chi connectivity index (χ0n) is 19.0. The highest BCUT2D eigenvalue weighted by atomic mass is 16.2. The quantitative estimate of drug-likeness (QED) is 0.447. The fraction of sp³-hybridized carbons (Fsp3) is 0.409. The van der Waals surface area contributed by atoms with E-state index in [1.165, 1.54) is 11.6 Å². The summed E-state index contributed by atoms with van der Waals surface area (Å²) in [6.07, 6.45) is 6.52. The number of hydrogen-bond acceptors (Lipinski definition) is 7. The van der Waals surface area contributed by atoms with E-state index in [0.29, 0.717) is 28.8 Å². The molecule has 3 aromatic rings. The normalized spacial score (nSPS) is 23.4. The molecule has 0 radical (unpaired) electrons. The van der Waals surface area contributed by atoms with E-state index in [2.05, 4.69) is 32.2 Å². The summed E-state index contributed by atoms with van der Waals surface area (Å²) in [7, 11) is 1.58. The van der Waals surface area contributed by atoms with Crippen molar-refractivity contribution in [1.29, 1.82) is 0 Å². The van der Waals surface area contributed by atoms with Crippen molar-refractivity contribution in [2.45, 2.75) is 52.2 Å². The number of pyridine rings is 1. The SMILES string of the molecule is BNC(=O)C1CC2(C)CC2N1C(=O)Cn1nc(C(C)=O)c2cc(-c3cnc(C)nc3)ncc21. The average Bonchev–Trinajstić information content (AvgIpc) is 3.16. The number of likely N-dealkylation sites (tertiary alicyclic amines) is 1. The van der Waals surface area contributed by atoms with Crippen LogP contribution >= 0.6 is 0 Å². The molecule has 33 heavy (non-hydrogen) atoms. The first-order chi connectivity index (χ1) is 15.7. The number of nitrogens with one attached hydrogen (secondary N) is 1. The first-order valence-corrected chi connectivity index (χ1v) is 10.9. The molecule has 0 aromatic carbocycles. The number of hydrogen-bond donors (Lipinski definition) is 1. The summed E-state index contributed by atoms with van der Waals surface area (Å²) in [4.78, 5) is 52.7. The molecule has 1 N–H and O–H groups in total. The van der Waals surface area contributed by atoms with Gasteiger partial charge in [0, 0.05) is 36.3 Å². The van der Waals surface area contributed by atoms with E-state index >= 15 is 0 Å². The summed E-state index contributed by atoms with van der Waals surface area (Å²) in [5.74, 6) is 0.102. The van der Waals surface area contributed by atoms with Crippen LogP contribution in [0.15, 0.2) is 24.7 Å². The maximum Gasteiger partial charge on any atom is 0.245 e. The Morgan fingerprint density at radius 1 is 1.18 bits per heavy atom. The van der Waals surface area contributed by atoms with Crippen molar-refractivity contribution in [2.75, 3.05) is 0 Å². The van der Waals surface area contributed by atoms with Crippen LogP contribution in [0, 0.1) is 12.3 Å². The molecule has 1 saturated heterocycles. The molecular formula is C22H24BN7O3. The maximum atomic E-state index is 13.3. The minimum Gasteiger partial charge on any atom is -0.404 e. The lowest BCUT2D eigenvalue weighted by molar-refractivity contribution is -0.139. The van der Waals surface area contributed by atoms with Crippen LogP contribution in [-0.4, -0.2) is 67.3 Å². The number of carbonyl (C=O) groups is 3. The minimum absolute atomic E-state index is 0.00384. The summed E-state index contributed by atoms with van der Waals surface area (Å²) in [6, 6.07) is 1.36. The molecule has 1 saturated carbocycles. The molecule has 2 fully saturated rings. The number of Topliss-reactive ketones (excluding diaryl/α,β-unsaturated/α-hetero) is 1. The van der Waals surface area contributed by atoms with Gasteiger partial charge in [-0.25, -0.2) is 9.97 Å². The van der Waals surface area contributed by atoms with E-state index in [4.69, 9.17) is 0 Å². The van der Waals surface area contributed by atoms with Crippen molar-refractivity contribution in [3.63, 3.8) is 0 Å². The topological polar surface area (TPSA) is 123 Å². The summed E-state index contributed by atoms with van der Waals surface area (Å²) in [5.41, 5.74) is 2.19. The van der Waals surface area contributed by atoms with Gasteiger partial charge in [0.2, 0.25) is 19.8 Å². The third-order valence-corrected chi connectivity index (χ3v) is 6.80. The van der Waals surface area contributed by atoms with Crippen molar-refractivity contribution < 1.29 is 14.4 Å². The van der Waals surface area contributed by atoms with Gasteiger partial charge in [-0.05, 0) is 31.2 Å². The number of carbonyl (C=O) groups excluding carboxylic acids is 3. The molecular weight excluding hydrogens is 421 g/mol. The molecule has 0 bridgehead atoms. The maximum absolute atomic E-state index is 13.3. The Hall–Kier alpha value is -3.63. The Morgan fingerprint density at radius 3 is 2.58 bits per heavy atom. The van der Waals surface area contributed by atoms with E-state index < -0.39 is 6.04 Å². The monoisotopic (exact) mass is 445 g/mol. The van der Waals surface area contributed by atoms with Gasteiger partial charge in [-0.3, -0.25) is 24.0 Å². The van der Waals surface area contributed by atoms with Crippen LogP contribution in [0.2, 0.25) is 0 Å². The van der Waals surface area contributed by atoms with Crippen LogP contribution in [0.1, 0.15) is 43.0 Å². The van der Waals surface area contributed by atoms with Gasteiger partial charge in [0.05, 0.1) is 17.4 Å². The van der Waals surface area contributed by atoms with E-state index in [9.17, 15) is 14.4 Å². The molecule has 168 valence electrons. The highest BCUT2D eigenvalue weighted by molar-refractivity contribution is 6.15. The first-order valence-electron chi connectivity index (χ1n) is 10.9. The molecule has 2 amide bonds. The number of amides is 2. The summed E-state index contributed by atoms with van der Waals surface area (Å²) >= 11 is 0. The third-order valence-electron chi connectivity index (χ3n) is 6.80. The standard InChI is InChI=1S/C22H24BN7O3/c1-11(31)20-14-4-15(13-7-24-12(2)25-8-13)26-9-17(14)29(28-20)10-19(32)30-16(21(33)27-23)5-22(3)6-18(22)30/h4,7-9,16,18H,5-6,10,23H2,1-3H3,(H,27,33). The number of piperidine rings is 1. The molecule has 11 heteroatoms. The second kappa shape index (κ2) is 7.46. The Kier molecular flexibility index (Phi) is 4.80. The molecule has 5 rings (SSSR count). The number of aromatic nitrogens is 5. The average molecular weight is 445 g/mol. The van der Waals surface area contributed by atoms with Crippen LogP contribution in [0.4, 0.5) is 0 Å². The van der Waals surface area contributed by atoms with Crippen LogP contribution < -0.4 is 5.23 Å². The van der Waals surface area contributed by atoms with Crippen molar-refractivity contribution in [3.05, 3.63) is 36.2 Å². The number of nitrogens with zero attached hydrogens (tertiary/aromatic N) is 6. The minimum atomic E-state index is -0.480. The number of rotatable bonds is 5. The zero-order chi connectivity index (χ0) is 23.5. The first kappa shape index (κ1) is 21.2. The molecule has 1 aliphatic heterocycles. The van der Waals surface area contributed by atoms with Gasteiger partial charge in [0.15, 0.2) is 5.78 Å². The van der Waals surface area contributed by atoms with Crippen LogP contribution in [0.5, 0.6) is 0 Å². The smallest absolute Gasteiger partial charge is 0.245 e. The second-order valence-electron chi connectivity index (χ2n) is 9.18. The third kappa shape index (κ3) is 3.47. The molecule has 4 heterocycles. The van der Waals surface area contributed by atoms with Gasteiger partial charge >= 0.3 is 0 Å².